The van der Waals surface area contributed by atoms with Gasteiger partial charge < -0.3 is 14.6 Å². The minimum Gasteiger partial charge on any atom is -0.383 e. The number of aryl methyl sites for hydroxylation is 1. The molecule has 2 aromatic rings. The second-order valence-electron chi connectivity index (χ2n) is 4.14. The maximum absolute atomic E-state index is 13.0. The average molecular weight is 328 g/mol. The van der Waals surface area contributed by atoms with Gasteiger partial charge in [0.15, 0.2) is 0 Å². The summed E-state index contributed by atoms with van der Waals surface area (Å²) in [5, 5.41) is 3.18. The quantitative estimate of drug-likeness (QED) is 0.913. The van der Waals surface area contributed by atoms with Crippen molar-refractivity contribution in [2.24, 2.45) is 0 Å². The second kappa shape index (κ2) is 6.16. The van der Waals surface area contributed by atoms with E-state index < -0.39 is 0 Å². The zero-order valence-corrected chi connectivity index (χ0v) is 12.4. The van der Waals surface area contributed by atoms with Gasteiger partial charge in [0.25, 0.3) is 0 Å². The Kier molecular flexibility index (Phi) is 4.55. The van der Waals surface area contributed by atoms with Crippen molar-refractivity contribution in [3.8, 4) is 0 Å². The first-order valence-corrected chi connectivity index (χ1v) is 6.64. The fraction of sp³-hybridized carbons (Fsp3) is 0.308. The first-order valence-electron chi connectivity index (χ1n) is 5.85. The number of rotatable bonds is 5. The Labute approximate surface area is 119 Å². The Morgan fingerprint density at radius 1 is 1.47 bits per heavy atom. The molecule has 1 N–H and O–H groups in total. The zero-order chi connectivity index (χ0) is 13.8. The summed E-state index contributed by atoms with van der Waals surface area (Å²) in [4.78, 5) is 4.40. The molecule has 0 spiro atoms. The average Bonchev–Trinajstić information content (AvgIpc) is 2.70. The van der Waals surface area contributed by atoms with Crippen molar-refractivity contribution in [3.63, 3.8) is 0 Å². The summed E-state index contributed by atoms with van der Waals surface area (Å²) < 4.78 is 20.7. The number of nitrogens with zero attached hydrogens (tertiary/aromatic N) is 2. The highest BCUT2D eigenvalue weighted by Crippen LogP contribution is 2.26. The standard InChI is InChI=1S/C13H15BrFN3O/c1-9-8-18(5-6-19-2)13(16-9)17-12-4-3-10(15)7-11(12)14/h3-4,7-8H,5-6H2,1-2H3,(H,16,17). The van der Waals surface area contributed by atoms with Gasteiger partial charge in [-0.05, 0) is 41.1 Å². The number of benzene rings is 1. The predicted octanol–water partition coefficient (Wildman–Crippen LogP) is 3.48. The van der Waals surface area contributed by atoms with Gasteiger partial charge in [-0.25, -0.2) is 9.37 Å². The number of ether oxygens (including phenoxy) is 1. The second-order valence-corrected chi connectivity index (χ2v) is 5.00. The van der Waals surface area contributed by atoms with Gasteiger partial charge in [0.1, 0.15) is 5.82 Å². The molecule has 0 bridgehead atoms. The molecule has 0 atom stereocenters. The van der Waals surface area contributed by atoms with Crippen LogP contribution >= 0.6 is 15.9 Å². The number of nitrogens with one attached hydrogen (secondary N) is 1. The summed E-state index contributed by atoms with van der Waals surface area (Å²) in [6.07, 6.45) is 1.94. The van der Waals surface area contributed by atoms with E-state index in [9.17, 15) is 4.39 Å². The van der Waals surface area contributed by atoms with Gasteiger partial charge in [-0.1, -0.05) is 0 Å². The highest BCUT2D eigenvalue weighted by Gasteiger charge is 2.08. The maximum Gasteiger partial charge on any atom is 0.207 e. The molecule has 2 rings (SSSR count). The van der Waals surface area contributed by atoms with Crippen LogP contribution in [0.25, 0.3) is 0 Å². The van der Waals surface area contributed by atoms with Crippen LogP contribution in [0.15, 0.2) is 28.9 Å². The van der Waals surface area contributed by atoms with E-state index in [4.69, 9.17) is 4.74 Å². The summed E-state index contributed by atoms with van der Waals surface area (Å²) in [6, 6.07) is 4.49. The summed E-state index contributed by atoms with van der Waals surface area (Å²) in [5.74, 6) is 0.429. The number of aromatic nitrogens is 2. The number of hydrogen-bond donors (Lipinski definition) is 1. The van der Waals surface area contributed by atoms with Crippen molar-refractivity contribution in [1.29, 1.82) is 0 Å². The molecule has 0 saturated heterocycles. The molecule has 1 aromatic carbocycles. The molecule has 1 aromatic heterocycles. The van der Waals surface area contributed by atoms with Crippen LogP contribution in [-0.4, -0.2) is 23.3 Å². The van der Waals surface area contributed by atoms with Crippen LogP contribution in [0.5, 0.6) is 0 Å². The summed E-state index contributed by atoms with van der Waals surface area (Å²) in [6.45, 7) is 3.24. The van der Waals surface area contributed by atoms with Gasteiger partial charge in [-0.15, -0.1) is 0 Å². The fourth-order valence-corrected chi connectivity index (χ4v) is 2.17. The molecule has 1 heterocycles. The van der Waals surface area contributed by atoms with Crippen LogP contribution in [0, 0.1) is 12.7 Å². The van der Waals surface area contributed by atoms with Gasteiger partial charge in [-0.3, -0.25) is 0 Å². The van der Waals surface area contributed by atoms with Gasteiger partial charge in [0, 0.05) is 24.3 Å². The fourth-order valence-electron chi connectivity index (χ4n) is 1.72. The highest BCUT2D eigenvalue weighted by molar-refractivity contribution is 9.10. The molecule has 0 fully saturated rings. The third kappa shape index (κ3) is 3.54. The number of imidazole rings is 1. The molecule has 0 radical (unpaired) electrons. The Hall–Kier alpha value is -1.40. The molecule has 0 saturated carbocycles. The zero-order valence-electron chi connectivity index (χ0n) is 10.8. The van der Waals surface area contributed by atoms with Crippen LogP contribution in [0.2, 0.25) is 0 Å². The van der Waals surface area contributed by atoms with Crippen molar-refractivity contribution < 1.29 is 9.13 Å². The lowest BCUT2D eigenvalue weighted by molar-refractivity contribution is 0.188. The van der Waals surface area contributed by atoms with E-state index in [1.54, 1.807) is 13.2 Å². The van der Waals surface area contributed by atoms with E-state index >= 15 is 0 Å². The van der Waals surface area contributed by atoms with E-state index in [0.29, 0.717) is 23.6 Å². The largest absolute Gasteiger partial charge is 0.383 e. The topological polar surface area (TPSA) is 39.1 Å². The maximum atomic E-state index is 13.0. The van der Waals surface area contributed by atoms with Crippen LogP contribution < -0.4 is 5.32 Å². The van der Waals surface area contributed by atoms with Crippen LogP contribution in [0.1, 0.15) is 5.69 Å². The Morgan fingerprint density at radius 3 is 2.95 bits per heavy atom. The molecule has 102 valence electrons. The Morgan fingerprint density at radius 2 is 2.26 bits per heavy atom. The lowest BCUT2D eigenvalue weighted by atomic mass is 10.3. The molecular weight excluding hydrogens is 313 g/mol. The SMILES string of the molecule is COCCn1cc(C)nc1Nc1ccc(F)cc1Br. The van der Waals surface area contributed by atoms with E-state index in [1.165, 1.54) is 12.1 Å². The number of halogens is 2. The number of methoxy groups -OCH3 is 1. The van der Waals surface area contributed by atoms with Crippen molar-refractivity contribution in [2.75, 3.05) is 19.0 Å². The molecule has 4 nitrogen and oxygen atoms in total. The van der Waals surface area contributed by atoms with E-state index in [0.717, 1.165) is 11.4 Å². The molecular formula is C13H15BrFN3O. The lowest BCUT2D eigenvalue weighted by Crippen LogP contribution is -2.07. The first-order chi connectivity index (χ1) is 9.10. The molecule has 19 heavy (non-hydrogen) atoms. The summed E-state index contributed by atoms with van der Waals surface area (Å²) in [7, 11) is 1.66. The molecule has 0 amide bonds. The van der Waals surface area contributed by atoms with Crippen molar-refractivity contribution >= 4 is 27.6 Å². The molecule has 0 unspecified atom stereocenters. The monoisotopic (exact) mass is 327 g/mol. The molecule has 0 aliphatic rings. The Bertz CT molecular complexity index is 571. The van der Waals surface area contributed by atoms with Crippen LogP contribution in [0.4, 0.5) is 16.0 Å². The van der Waals surface area contributed by atoms with Gasteiger partial charge >= 0.3 is 0 Å². The van der Waals surface area contributed by atoms with Crippen molar-refractivity contribution in [2.45, 2.75) is 13.5 Å². The normalized spacial score (nSPS) is 10.7. The third-order valence-electron chi connectivity index (χ3n) is 2.61. The number of hydrogen-bond acceptors (Lipinski definition) is 3. The molecule has 0 aliphatic carbocycles. The summed E-state index contributed by atoms with van der Waals surface area (Å²) >= 11 is 3.32. The van der Waals surface area contributed by atoms with E-state index in [2.05, 4.69) is 26.2 Å². The molecule has 0 aliphatic heterocycles. The van der Waals surface area contributed by atoms with Crippen molar-refractivity contribution in [1.82, 2.24) is 9.55 Å². The van der Waals surface area contributed by atoms with Crippen LogP contribution in [-0.2, 0) is 11.3 Å². The molecule has 6 heteroatoms. The van der Waals surface area contributed by atoms with Gasteiger partial charge in [0.2, 0.25) is 5.95 Å². The van der Waals surface area contributed by atoms with Crippen LogP contribution in [0.3, 0.4) is 0 Å². The van der Waals surface area contributed by atoms with Gasteiger partial charge in [0.05, 0.1) is 18.0 Å². The number of anilines is 2. The third-order valence-corrected chi connectivity index (χ3v) is 3.27. The first kappa shape index (κ1) is 14.0. The van der Waals surface area contributed by atoms with E-state index in [1.807, 2.05) is 17.7 Å². The van der Waals surface area contributed by atoms with Gasteiger partial charge in [-0.2, -0.15) is 0 Å². The minimum atomic E-state index is -0.281. The Balaban J connectivity index is 2.22. The predicted molar refractivity (Wildman–Crippen MR) is 76.2 cm³/mol. The van der Waals surface area contributed by atoms with E-state index in [-0.39, 0.29) is 5.82 Å². The summed E-state index contributed by atoms with van der Waals surface area (Å²) in [5.41, 5.74) is 1.68. The minimum absolute atomic E-state index is 0.281. The highest BCUT2D eigenvalue weighted by atomic mass is 79.9. The van der Waals surface area contributed by atoms with Crippen molar-refractivity contribution in [3.05, 3.63) is 40.4 Å². The lowest BCUT2D eigenvalue weighted by Gasteiger charge is -2.10. The smallest absolute Gasteiger partial charge is 0.207 e.